The number of hydrogen-bond acceptors (Lipinski definition) is 4. The Morgan fingerprint density at radius 2 is 1.92 bits per heavy atom. The number of anilines is 1. The van der Waals surface area contributed by atoms with Crippen LogP contribution in [0, 0.1) is 0 Å². The molecule has 5 nitrogen and oxygen atoms in total. The molecular formula is C20H20BrNO4. The summed E-state index contributed by atoms with van der Waals surface area (Å²) in [4.78, 5) is 26.2. The average molecular weight is 418 g/mol. The van der Waals surface area contributed by atoms with E-state index in [1.807, 2.05) is 37.3 Å². The van der Waals surface area contributed by atoms with Crippen LogP contribution >= 0.6 is 15.9 Å². The molecule has 136 valence electrons. The van der Waals surface area contributed by atoms with Crippen molar-refractivity contribution in [1.82, 2.24) is 0 Å². The molecule has 3 rings (SSSR count). The van der Waals surface area contributed by atoms with Crippen molar-refractivity contribution in [2.75, 3.05) is 11.5 Å². The van der Waals surface area contributed by atoms with Gasteiger partial charge >= 0.3 is 0 Å². The number of hydrogen-bond donors (Lipinski definition) is 1. The van der Waals surface area contributed by atoms with Crippen LogP contribution in [0.3, 0.4) is 0 Å². The molecule has 0 bridgehead atoms. The van der Waals surface area contributed by atoms with Crippen LogP contribution in [0.25, 0.3) is 0 Å². The molecule has 0 aromatic heterocycles. The van der Waals surface area contributed by atoms with Crippen LogP contribution < -0.4 is 9.64 Å². The van der Waals surface area contributed by atoms with Crippen LogP contribution in [0.5, 0.6) is 5.75 Å². The summed E-state index contributed by atoms with van der Waals surface area (Å²) in [5.74, 6) is 0.0470. The molecule has 0 radical (unpaired) electrons. The highest BCUT2D eigenvalue weighted by Gasteiger charge is 2.50. The van der Waals surface area contributed by atoms with Gasteiger partial charge in [-0.1, -0.05) is 28.1 Å². The quantitative estimate of drug-likeness (QED) is 0.779. The van der Waals surface area contributed by atoms with Gasteiger partial charge in [0, 0.05) is 16.5 Å². The van der Waals surface area contributed by atoms with Gasteiger partial charge in [0.05, 0.1) is 18.8 Å². The van der Waals surface area contributed by atoms with E-state index >= 15 is 0 Å². The number of Topliss-reactive ketones (excluding diaryl/α,β-unsaturated/α-hetero) is 1. The Labute approximate surface area is 160 Å². The van der Waals surface area contributed by atoms with Gasteiger partial charge in [0.15, 0.2) is 5.60 Å². The van der Waals surface area contributed by atoms with Gasteiger partial charge in [-0.05, 0) is 49.7 Å². The van der Waals surface area contributed by atoms with E-state index in [1.54, 1.807) is 12.1 Å². The van der Waals surface area contributed by atoms with Crippen molar-refractivity contribution in [2.24, 2.45) is 0 Å². The van der Waals surface area contributed by atoms with Crippen LogP contribution in [0.1, 0.15) is 31.4 Å². The summed E-state index contributed by atoms with van der Waals surface area (Å²) in [6.45, 7) is 4.18. The Kier molecular flexibility index (Phi) is 5.16. The SMILES string of the molecule is CCOc1ccc(CN2C(=O)C(O)(CC(C)=O)c3cc(Br)ccc32)cc1. The fourth-order valence-corrected chi connectivity index (χ4v) is 3.61. The first-order chi connectivity index (χ1) is 12.3. The summed E-state index contributed by atoms with van der Waals surface area (Å²) in [7, 11) is 0. The first-order valence-corrected chi connectivity index (χ1v) is 9.20. The molecule has 2 aromatic carbocycles. The van der Waals surface area contributed by atoms with Gasteiger partial charge in [0.2, 0.25) is 0 Å². The number of fused-ring (bicyclic) bond motifs is 1. The van der Waals surface area contributed by atoms with Crippen molar-refractivity contribution in [3.05, 3.63) is 58.1 Å². The highest BCUT2D eigenvalue weighted by Crippen LogP contribution is 2.44. The van der Waals surface area contributed by atoms with Crippen molar-refractivity contribution in [2.45, 2.75) is 32.4 Å². The van der Waals surface area contributed by atoms with Crippen molar-refractivity contribution >= 4 is 33.3 Å². The minimum Gasteiger partial charge on any atom is -0.494 e. The number of halogens is 1. The third-order valence-electron chi connectivity index (χ3n) is 4.37. The lowest BCUT2D eigenvalue weighted by Gasteiger charge is -2.22. The maximum atomic E-state index is 13.0. The van der Waals surface area contributed by atoms with E-state index in [-0.39, 0.29) is 12.2 Å². The van der Waals surface area contributed by atoms with Crippen molar-refractivity contribution in [3.8, 4) is 5.75 Å². The molecule has 2 aromatic rings. The van der Waals surface area contributed by atoms with E-state index in [0.717, 1.165) is 15.8 Å². The van der Waals surface area contributed by atoms with E-state index in [0.29, 0.717) is 24.4 Å². The van der Waals surface area contributed by atoms with Crippen LogP contribution in [-0.2, 0) is 21.7 Å². The average Bonchev–Trinajstić information content (AvgIpc) is 2.78. The summed E-state index contributed by atoms with van der Waals surface area (Å²) in [5.41, 5.74) is 0.160. The molecule has 26 heavy (non-hydrogen) atoms. The van der Waals surface area contributed by atoms with Gasteiger partial charge in [-0.15, -0.1) is 0 Å². The molecule has 0 spiro atoms. The Bertz CT molecular complexity index is 849. The zero-order chi connectivity index (χ0) is 18.9. The van der Waals surface area contributed by atoms with Crippen molar-refractivity contribution in [3.63, 3.8) is 0 Å². The van der Waals surface area contributed by atoms with E-state index in [4.69, 9.17) is 4.74 Å². The Hall–Kier alpha value is -2.18. The Morgan fingerprint density at radius 3 is 2.54 bits per heavy atom. The molecule has 0 fully saturated rings. The predicted molar refractivity (Wildman–Crippen MR) is 102 cm³/mol. The predicted octanol–water partition coefficient (Wildman–Crippen LogP) is 3.56. The minimum atomic E-state index is -1.82. The fourth-order valence-electron chi connectivity index (χ4n) is 3.25. The first-order valence-electron chi connectivity index (χ1n) is 8.40. The normalized spacial score (nSPS) is 18.8. The fraction of sp³-hybridized carbons (Fsp3) is 0.300. The van der Waals surface area contributed by atoms with Gasteiger partial charge in [-0.25, -0.2) is 0 Å². The number of ketones is 1. The van der Waals surface area contributed by atoms with Gasteiger partial charge in [-0.2, -0.15) is 0 Å². The molecule has 1 N–H and O–H groups in total. The van der Waals surface area contributed by atoms with Crippen LogP contribution in [-0.4, -0.2) is 23.4 Å². The number of rotatable bonds is 6. The largest absolute Gasteiger partial charge is 0.494 e. The minimum absolute atomic E-state index is 0.241. The second-order valence-corrected chi connectivity index (χ2v) is 7.28. The summed E-state index contributed by atoms with van der Waals surface area (Å²) in [5, 5.41) is 11.0. The second-order valence-electron chi connectivity index (χ2n) is 6.37. The maximum absolute atomic E-state index is 13.0. The molecular weight excluding hydrogens is 398 g/mol. The monoisotopic (exact) mass is 417 g/mol. The van der Waals surface area contributed by atoms with Gasteiger partial charge in [0.1, 0.15) is 11.5 Å². The van der Waals surface area contributed by atoms with Gasteiger partial charge in [0.25, 0.3) is 5.91 Å². The van der Waals surface area contributed by atoms with E-state index < -0.39 is 11.5 Å². The summed E-state index contributed by atoms with van der Waals surface area (Å²) >= 11 is 3.37. The molecule has 1 unspecified atom stereocenters. The van der Waals surface area contributed by atoms with E-state index in [2.05, 4.69) is 15.9 Å². The Balaban J connectivity index is 1.95. The van der Waals surface area contributed by atoms with Crippen molar-refractivity contribution in [1.29, 1.82) is 0 Å². The number of amides is 1. The number of carbonyl (C=O) groups is 2. The first kappa shape index (κ1) is 18.6. The molecule has 6 heteroatoms. The summed E-state index contributed by atoms with van der Waals surface area (Å²) < 4.78 is 6.18. The Morgan fingerprint density at radius 1 is 1.23 bits per heavy atom. The third kappa shape index (κ3) is 3.39. The molecule has 1 aliphatic heterocycles. The summed E-state index contributed by atoms with van der Waals surface area (Å²) in [6.07, 6.45) is -0.241. The maximum Gasteiger partial charge on any atom is 0.264 e. The van der Waals surface area contributed by atoms with E-state index in [9.17, 15) is 14.7 Å². The highest BCUT2D eigenvalue weighted by molar-refractivity contribution is 9.10. The van der Waals surface area contributed by atoms with Crippen molar-refractivity contribution < 1.29 is 19.4 Å². The standard InChI is InChI=1S/C20H20BrNO4/c1-3-26-16-7-4-14(5-8-16)12-22-18-9-6-15(21)10-17(18)20(25,19(22)24)11-13(2)23/h4-10,25H,3,11-12H2,1-2H3. The number of carbonyl (C=O) groups excluding carboxylic acids is 2. The molecule has 0 saturated carbocycles. The molecule has 0 saturated heterocycles. The molecule has 1 aliphatic rings. The lowest BCUT2D eigenvalue weighted by Crippen LogP contribution is -2.41. The lowest BCUT2D eigenvalue weighted by molar-refractivity contribution is -0.141. The highest BCUT2D eigenvalue weighted by atomic mass is 79.9. The van der Waals surface area contributed by atoms with E-state index in [1.165, 1.54) is 11.8 Å². The molecule has 1 amide bonds. The van der Waals surface area contributed by atoms with Crippen LogP contribution in [0.2, 0.25) is 0 Å². The lowest BCUT2D eigenvalue weighted by atomic mass is 9.90. The van der Waals surface area contributed by atoms with Crippen LogP contribution in [0.4, 0.5) is 5.69 Å². The van der Waals surface area contributed by atoms with Gasteiger partial charge < -0.3 is 14.7 Å². The van der Waals surface area contributed by atoms with Gasteiger partial charge in [-0.3, -0.25) is 9.59 Å². The smallest absolute Gasteiger partial charge is 0.264 e. The number of benzene rings is 2. The van der Waals surface area contributed by atoms with Crippen LogP contribution in [0.15, 0.2) is 46.9 Å². The number of ether oxygens (including phenoxy) is 1. The summed E-state index contributed by atoms with van der Waals surface area (Å²) in [6, 6.07) is 12.8. The zero-order valence-electron chi connectivity index (χ0n) is 14.7. The zero-order valence-corrected chi connectivity index (χ0v) is 16.2. The number of aliphatic hydroxyl groups is 1. The molecule has 0 aliphatic carbocycles. The third-order valence-corrected chi connectivity index (χ3v) is 4.87. The molecule has 1 heterocycles. The number of nitrogens with zero attached hydrogens (tertiary/aromatic N) is 1. The molecule has 1 atom stereocenters. The topological polar surface area (TPSA) is 66.8 Å². The second kappa shape index (κ2) is 7.21.